The minimum Gasteiger partial charge on any atom is -0.379 e. The average Bonchev–Trinajstić information content (AvgIpc) is 3.09. The van der Waals surface area contributed by atoms with Crippen molar-refractivity contribution in [3.8, 4) is 11.3 Å². The van der Waals surface area contributed by atoms with Gasteiger partial charge in [-0.1, -0.05) is 12.1 Å². The summed E-state index contributed by atoms with van der Waals surface area (Å²) in [5.41, 5.74) is 1.43. The van der Waals surface area contributed by atoms with Gasteiger partial charge >= 0.3 is 0 Å². The summed E-state index contributed by atoms with van der Waals surface area (Å²) in [7, 11) is 0. The first-order valence-corrected chi connectivity index (χ1v) is 8.74. The predicted octanol–water partition coefficient (Wildman–Crippen LogP) is 2.93. The van der Waals surface area contributed by atoms with E-state index in [0.717, 1.165) is 22.0 Å². The summed E-state index contributed by atoms with van der Waals surface area (Å²) in [6, 6.07) is 7.54. The van der Waals surface area contributed by atoms with Crippen molar-refractivity contribution in [2.45, 2.75) is 18.9 Å². The van der Waals surface area contributed by atoms with Gasteiger partial charge in [0, 0.05) is 22.4 Å². The van der Waals surface area contributed by atoms with E-state index in [-0.39, 0.29) is 5.91 Å². The first-order valence-electron chi connectivity index (χ1n) is 6.71. The highest BCUT2D eigenvalue weighted by atomic mass is 32.2. The number of nitrogens with zero attached hydrogens (tertiary/aromatic N) is 1. The molecule has 0 bridgehead atoms. The van der Waals surface area contributed by atoms with Crippen molar-refractivity contribution in [2.24, 2.45) is 0 Å². The SMILES string of the molecule is Cc1nc(-c2ccc(NC(=O)C3(O)CCSC3)cc2)cs1. The minimum atomic E-state index is -1.23. The second-order valence-corrected chi connectivity index (χ2v) is 7.28. The molecule has 4 nitrogen and oxygen atoms in total. The van der Waals surface area contributed by atoms with Crippen molar-refractivity contribution >= 4 is 34.7 Å². The van der Waals surface area contributed by atoms with E-state index in [4.69, 9.17) is 0 Å². The van der Waals surface area contributed by atoms with Gasteiger partial charge in [-0.15, -0.1) is 11.3 Å². The number of anilines is 1. The molecule has 21 heavy (non-hydrogen) atoms. The number of thiazole rings is 1. The number of carbonyl (C=O) groups is 1. The Morgan fingerprint density at radius 1 is 1.38 bits per heavy atom. The summed E-state index contributed by atoms with van der Waals surface area (Å²) in [4.78, 5) is 16.5. The number of aliphatic hydroxyl groups is 1. The van der Waals surface area contributed by atoms with Crippen LogP contribution < -0.4 is 5.32 Å². The maximum absolute atomic E-state index is 12.1. The van der Waals surface area contributed by atoms with Gasteiger partial charge in [0.15, 0.2) is 5.60 Å². The Hall–Kier alpha value is -1.37. The van der Waals surface area contributed by atoms with Crippen LogP contribution >= 0.6 is 23.1 Å². The lowest BCUT2D eigenvalue weighted by Gasteiger charge is -2.20. The number of aryl methyl sites for hydroxylation is 1. The fourth-order valence-electron chi connectivity index (χ4n) is 2.20. The molecule has 110 valence electrons. The fourth-order valence-corrected chi connectivity index (χ4v) is 4.06. The molecule has 1 saturated heterocycles. The highest BCUT2D eigenvalue weighted by Gasteiger charge is 2.39. The van der Waals surface area contributed by atoms with Gasteiger partial charge < -0.3 is 10.4 Å². The van der Waals surface area contributed by atoms with Crippen LogP contribution in [0.4, 0.5) is 5.69 Å². The number of carbonyl (C=O) groups excluding carboxylic acids is 1. The third-order valence-electron chi connectivity index (χ3n) is 3.48. The zero-order valence-electron chi connectivity index (χ0n) is 11.6. The van der Waals surface area contributed by atoms with Crippen LogP contribution in [0.15, 0.2) is 29.6 Å². The van der Waals surface area contributed by atoms with Crippen LogP contribution in [-0.2, 0) is 4.79 Å². The Kier molecular flexibility index (Phi) is 4.01. The van der Waals surface area contributed by atoms with Gasteiger partial charge in [0.1, 0.15) is 0 Å². The Morgan fingerprint density at radius 3 is 2.71 bits per heavy atom. The third-order valence-corrected chi connectivity index (χ3v) is 5.43. The van der Waals surface area contributed by atoms with Crippen LogP contribution in [0.25, 0.3) is 11.3 Å². The number of thioether (sulfide) groups is 1. The molecule has 1 aromatic heterocycles. The van der Waals surface area contributed by atoms with Crippen molar-refractivity contribution in [3.05, 3.63) is 34.7 Å². The molecule has 1 aliphatic rings. The van der Waals surface area contributed by atoms with Gasteiger partial charge in [0.25, 0.3) is 5.91 Å². The fraction of sp³-hybridized carbons (Fsp3) is 0.333. The summed E-state index contributed by atoms with van der Waals surface area (Å²) in [5, 5.41) is 16.0. The highest BCUT2D eigenvalue weighted by molar-refractivity contribution is 7.99. The number of amides is 1. The summed E-state index contributed by atoms with van der Waals surface area (Å²) >= 11 is 3.22. The Balaban J connectivity index is 1.71. The van der Waals surface area contributed by atoms with Crippen LogP contribution in [0.1, 0.15) is 11.4 Å². The zero-order chi connectivity index (χ0) is 14.9. The molecule has 0 saturated carbocycles. The molecule has 3 rings (SSSR count). The predicted molar refractivity (Wildman–Crippen MR) is 87.8 cm³/mol. The van der Waals surface area contributed by atoms with Crippen molar-refractivity contribution in [3.63, 3.8) is 0 Å². The number of aromatic nitrogens is 1. The molecule has 0 radical (unpaired) electrons. The minimum absolute atomic E-state index is 0.315. The topological polar surface area (TPSA) is 62.2 Å². The molecular weight excluding hydrogens is 304 g/mol. The molecule has 1 aromatic carbocycles. The summed E-state index contributed by atoms with van der Waals surface area (Å²) in [6.07, 6.45) is 0.514. The molecule has 1 unspecified atom stereocenters. The zero-order valence-corrected chi connectivity index (χ0v) is 13.3. The molecule has 1 fully saturated rings. The molecule has 0 spiro atoms. The Bertz CT molecular complexity index is 646. The quantitative estimate of drug-likeness (QED) is 0.913. The maximum Gasteiger partial charge on any atom is 0.257 e. The molecule has 2 N–H and O–H groups in total. The summed E-state index contributed by atoms with van der Waals surface area (Å²) in [5.74, 6) is 0.978. The van der Waals surface area contributed by atoms with Crippen molar-refractivity contribution in [1.82, 2.24) is 4.98 Å². The monoisotopic (exact) mass is 320 g/mol. The second-order valence-electron chi connectivity index (χ2n) is 5.12. The van der Waals surface area contributed by atoms with Gasteiger partial charge in [0.2, 0.25) is 0 Å². The van der Waals surface area contributed by atoms with Crippen molar-refractivity contribution in [2.75, 3.05) is 16.8 Å². The van der Waals surface area contributed by atoms with E-state index < -0.39 is 5.60 Å². The first kappa shape index (κ1) is 14.6. The van der Waals surface area contributed by atoms with Gasteiger partial charge in [-0.2, -0.15) is 11.8 Å². The normalized spacial score (nSPS) is 21.4. The van der Waals surface area contributed by atoms with Gasteiger partial charge in [-0.3, -0.25) is 4.79 Å². The van der Waals surface area contributed by atoms with E-state index >= 15 is 0 Å². The standard InChI is InChI=1S/C15H16N2O2S2/c1-10-16-13(8-21-10)11-2-4-12(5-3-11)17-14(18)15(19)6-7-20-9-15/h2-5,8,19H,6-7,9H2,1H3,(H,17,18). The lowest BCUT2D eigenvalue weighted by molar-refractivity contribution is -0.131. The van der Waals surface area contributed by atoms with E-state index in [1.165, 1.54) is 0 Å². The van der Waals surface area contributed by atoms with E-state index in [0.29, 0.717) is 17.9 Å². The molecule has 2 heterocycles. The van der Waals surface area contributed by atoms with Gasteiger partial charge in [0.05, 0.1) is 10.7 Å². The molecule has 1 aliphatic heterocycles. The van der Waals surface area contributed by atoms with E-state index in [2.05, 4.69) is 10.3 Å². The molecule has 2 aromatic rings. The highest BCUT2D eigenvalue weighted by Crippen LogP contribution is 2.29. The first-order chi connectivity index (χ1) is 10.1. The molecule has 1 atom stereocenters. The van der Waals surface area contributed by atoms with E-state index in [1.54, 1.807) is 23.1 Å². The largest absolute Gasteiger partial charge is 0.379 e. The summed E-state index contributed by atoms with van der Waals surface area (Å²) < 4.78 is 0. The number of benzene rings is 1. The Morgan fingerprint density at radius 2 is 2.14 bits per heavy atom. The second kappa shape index (κ2) is 5.79. The molecule has 1 amide bonds. The van der Waals surface area contributed by atoms with E-state index in [9.17, 15) is 9.90 Å². The van der Waals surface area contributed by atoms with Crippen LogP contribution in [-0.4, -0.2) is 33.1 Å². The lowest BCUT2D eigenvalue weighted by Crippen LogP contribution is -2.42. The lowest BCUT2D eigenvalue weighted by atomic mass is 10.0. The van der Waals surface area contributed by atoms with Crippen LogP contribution in [0.5, 0.6) is 0 Å². The van der Waals surface area contributed by atoms with Crippen molar-refractivity contribution < 1.29 is 9.90 Å². The van der Waals surface area contributed by atoms with Crippen LogP contribution in [0, 0.1) is 6.92 Å². The van der Waals surface area contributed by atoms with E-state index in [1.807, 2.05) is 36.6 Å². The number of rotatable bonds is 3. The van der Waals surface area contributed by atoms with Crippen LogP contribution in [0.3, 0.4) is 0 Å². The molecular formula is C15H16N2O2S2. The number of hydrogen-bond acceptors (Lipinski definition) is 5. The number of nitrogens with one attached hydrogen (secondary N) is 1. The van der Waals surface area contributed by atoms with Gasteiger partial charge in [-0.05, 0) is 31.2 Å². The molecule has 6 heteroatoms. The molecule has 0 aliphatic carbocycles. The maximum atomic E-state index is 12.1. The average molecular weight is 320 g/mol. The van der Waals surface area contributed by atoms with Crippen molar-refractivity contribution in [1.29, 1.82) is 0 Å². The Labute approximate surface area is 131 Å². The van der Waals surface area contributed by atoms with Gasteiger partial charge in [-0.25, -0.2) is 4.98 Å². The summed E-state index contributed by atoms with van der Waals surface area (Å²) in [6.45, 7) is 1.98. The number of hydrogen-bond donors (Lipinski definition) is 2. The third kappa shape index (κ3) is 3.12. The smallest absolute Gasteiger partial charge is 0.257 e. The van der Waals surface area contributed by atoms with Crippen LogP contribution in [0.2, 0.25) is 0 Å².